The molecule has 1 N–H and O–H groups in total. The molecule has 0 amide bonds. The summed E-state index contributed by atoms with van der Waals surface area (Å²) in [4.78, 5) is 0. The Hall–Kier alpha value is -0.180. The summed E-state index contributed by atoms with van der Waals surface area (Å²) in [5.74, 6) is -2.27. The van der Waals surface area contributed by atoms with E-state index in [1.165, 1.54) is 0 Å². The number of aliphatic hydroxyl groups excluding tert-OH is 1. The molecule has 3 atom stereocenters. The van der Waals surface area contributed by atoms with Crippen LogP contribution in [0.15, 0.2) is 0 Å². The highest BCUT2D eigenvalue weighted by molar-refractivity contribution is 4.85. The summed E-state index contributed by atoms with van der Waals surface area (Å²) in [7, 11) is 0. The molecule has 0 aromatic heterocycles. The van der Waals surface area contributed by atoms with Crippen molar-refractivity contribution in [2.45, 2.75) is 52.1 Å². The molecule has 1 fully saturated rings. The largest absolute Gasteiger partial charge is 0.387 e. The van der Waals surface area contributed by atoms with Crippen LogP contribution in [-0.4, -0.2) is 17.1 Å². The Kier molecular flexibility index (Phi) is 3.51. The van der Waals surface area contributed by atoms with Gasteiger partial charge in [-0.15, -0.1) is 0 Å². The van der Waals surface area contributed by atoms with Gasteiger partial charge in [0.15, 0.2) is 0 Å². The molecule has 84 valence electrons. The van der Waals surface area contributed by atoms with E-state index in [9.17, 15) is 13.9 Å². The topological polar surface area (TPSA) is 20.2 Å². The summed E-state index contributed by atoms with van der Waals surface area (Å²) in [5, 5.41) is 9.50. The van der Waals surface area contributed by atoms with Crippen LogP contribution in [0.3, 0.4) is 0 Å². The lowest BCUT2D eigenvalue weighted by atomic mass is 9.73. The lowest BCUT2D eigenvalue weighted by molar-refractivity contribution is -0.128. The minimum atomic E-state index is -2.96. The van der Waals surface area contributed by atoms with Crippen LogP contribution in [0.5, 0.6) is 0 Å². The number of hydrogen-bond donors (Lipinski definition) is 1. The predicted molar refractivity (Wildman–Crippen MR) is 52.3 cm³/mol. The highest BCUT2D eigenvalue weighted by Crippen LogP contribution is 2.38. The van der Waals surface area contributed by atoms with Crippen LogP contribution in [0.1, 0.15) is 40.0 Å². The van der Waals surface area contributed by atoms with E-state index in [1.807, 2.05) is 0 Å². The molecule has 0 radical (unpaired) electrons. The highest BCUT2D eigenvalue weighted by Gasteiger charge is 2.40. The first-order valence-electron chi connectivity index (χ1n) is 5.36. The van der Waals surface area contributed by atoms with Crippen molar-refractivity contribution in [3.05, 3.63) is 0 Å². The van der Waals surface area contributed by atoms with E-state index in [2.05, 4.69) is 13.8 Å². The summed E-state index contributed by atoms with van der Waals surface area (Å²) in [6.07, 6.45) is 1.09. The maximum atomic E-state index is 12.9. The van der Waals surface area contributed by atoms with Crippen LogP contribution in [0.4, 0.5) is 8.78 Å². The normalized spacial score (nSPS) is 36.9. The molecular formula is C11H20F2O. The Morgan fingerprint density at radius 2 is 1.57 bits per heavy atom. The summed E-state index contributed by atoms with van der Waals surface area (Å²) in [6.45, 7) is 4.95. The molecular weight excluding hydrogens is 186 g/mol. The summed E-state index contributed by atoms with van der Waals surface area (Å²) < 4.78 is 25.8. The predicted octanol–water partition coefficient (Wildman–Crippen LogP) is 3.07. The Bertz CT molecular complexity index is 178. The molecule has 14 heavy (non-hydrogen) atoms. The number of hydrogen-bond acceptors (Lipinski definition) is 1. The molecule has 1 aliphatic carbocycles. The van der Waals surface area contributed by atoms with Crippen molar-refractivity contribution in [2.75, 3.05) is 0 Å². The van der Waals surface area contributed by atoms with Crippen LogP contribution < -0.4 is 0 Å². The van der Waals surface area contributed by atoms with Crippen molar-refractivity contribution in [2.24, 2.45) is 17.8 Å². The first-order chi connectivity index (χ1) is 6.30. The molecule has 0 heterocycles. The van der Waals surface area contributed by atoms with Crippen molar-refractivity contribution in [3.63, 3.8) is 0 Å². The van der Waals surface area contributed by atoms with Crippen molar-refractivity contribution >= 4 is 0 Å². The van der Waals surface area contributed by atoms with Gasteiger partial charge in [-0.3, -0.25) is 0 Å². The van der Waals surface area contributed by atoms with Gasteiger partial charge < -0.3 is 5.11 Å². The van der Waals surface area contributed by atoms with E-state index in [1.54, 1.807) is 0 Å². The fraction of sp³-hybridized carbons (Fsp3) is 1.00. The maximum absolute atomic E-state index is 12.9. The molecule has 0 aromatic carbocycles. The quantitative estimate of drug-likeness (QED) is 0.736. The van der Waals surface area contributed by atoms with Gasteiger partial charge in [-0.1, -0.05) is 13.8 Å². The molecule has 1 aliphatic rings. The monoisotopic (exact) mass is 206 g/mol. The second kappa shape index (κ2) is 4.13. The molecule has 0 aromatic rings. The summed E-state index contributed by atoms with van der Waals surface area (Å²) >= 11 is 0. The van der Waals surface area contributed by atoms with E-state index < -0.39 is 12.0 Å². The van der Waals surface area contributed by atoms with Gasteiger partial charge in [-0.2, -0.15) is 0 Å². The van der Waals surface area contributed by atoms with Gasteiger partial charge in [0.25, 0.3) is 5.92 Å². The number of alkyl halides is 2. The average molecular weight is 206 g/mol. The highest BCUT2D eigenvalue weighted by atomic mass is 19.3. The van der Waals surface area contributed by atoms with Gasteiger partial charge in [0.1, 0.15) is 6.10 Å². The zero-order valence-corrected chi connectivity index (χ0v) is 9.13. The summed E-state index contributed by atoms with van der Waals surface area (Å²) in [6, 6.07) is 0. The first-order valence-corrected chi connectivity index (χ1v) is 5.36. The molecule has 0 saturated heterocycles. The molecule has 3 heteroatoms. The maximum Gasteiger partial charge on any atom is 0.270 e. The van der Waals surface area contributed by atoms with E-state index in [0.717, 1.165) is 26.2 Å². The zero-order valence-electron chi connectivity index (χ0n) is 9.13. The number of rotatable bonds is 2. The third kappa shape index (κ3) is 2.91. The van der Waals surface area contributed by atoms with Crippen LogP contribution in [0.25, 0.3) is 0 Å². The second-order valence-corrected chi connectivity index (χ2v) is 5.08. The Morgan fingerprint density at radius 1 is 1.14 bits per heavy atom. The third-order valence-electron chi connectivity index (χ3n) is 3.18. The van der Waals surface area contributed by atoms with Crippen molar-refractivity contribution in [1.82, 2.24) is 0 Å². The Morgan fingerprint density at radius 3 is 1.93 bits per heavy atom. The van der Waals surface area contributed by atoms with Crippen molar-refractivity contribution < 1.29 is 13.9 Å². The SMILES string of the molecule is CC1CC(C)CC(C(O)C(C)(F)F)C1. The Labute approximate surface area is 84.5 Å². The molecule has 0 spiro atoms. The summed E-state index contributed by atoms with van der Waals surface area (Å²) in [5.41, 5.74) is 0. The fourth-order valence-electron chi connectivity index (χ4n) is 2.68. The fourth-order valence-corrected chi connectivity index (χ4v) is 2.68. The van der Waals surface area contributed by atoms with Gasteiger partial charge in [-0.05, 0) is 37.0 Å². The van der Waals surface area contributed by atoms with Crippen molar-refractivity contribution in [1.29, 1.82) is 0 Å². The van der Waals surface area contributed by atoms with E-state index >= 15 is 0 Å². The molecule has 0 aliphatic heterocycles. The standard InChI is InChI=1S/C11H20F2O/c1-7-4-8(2)6-9(5-7)10(14)11(3,12)13/h7-10,14H,4-6H2,1-3H3. The molecule has 1 saturated carbocycles. The smallest absolute Gasteiger partial charge is 0.270 e. The van der Waals surface area contributed by atoms with Crippen LogP contribution in [-0.2, 0) is 0 Å². The van der Waals surface area contributed by atoms with Gasteiger partial charge in [0.05, 0.1) is 0 Å². The van der Waals surface area contributed by atoms with Gasteiger partial charge in [0.2, 0.25) is 0 Å². The third-order valence-corrected chi connectivity index (χ3v) is 3.18. The lowest BCUT2D eigenvalue weighted by Gasteiger charge is -2.36. The first kappa shape index (κ1) is 11.9. The van der Waals surface area contributed by atoms with E-state index in [-0.39, 0.29) is 5.92 Å². The molecule has 1 nitrogen and oxygen atoms in total. The van der Waals surface area contributed by atoms with Crippen LogP contribution >= 0.6 is 0 Å². The zero-order chi connectivity index (χ0) is 10.9. The Balaban J connectivity index is 2.59. The number of halogens is 2. The van der Waals surface area contributed by atoms with Gasteiger partial charge in [0, 0.05) is 6.92 Å². The molecule has 1 rings (SSSR count). The van der Waals surface area contributed by atoms with Gasteiger partial charge in [-0.25, -0.2) is 8.78 Å². The van der Waals surface area contributed by atoms with E-state index in [4.69, 9.17) is 0 Å². The molecule has 3 unspecified atom stereocenters. The second-order valence-electron chi connectivity index (χ2n) is 5.08. The van der Waals surface area contributed by atoms with Crippen LogP contribution in [0.2, 0.25) is 0 Å². The van der Waals surface area contributed by atoms with Crippen LogP contribution in [0, 0.1) is 17.8 Å². The van der Waals surface area contributed by atoms with E-state index in [0.29, 0.717) is 11.8 Å². The van der Waals surface area contributed by atoms with Gasteiger partial charge >= 0.3 is 0 Å². The minimum absolute atomic E-state index is 0.228. The number of aliphatic hydroxyl groups is 1. The average Bonchev–Trinajstić information content (AvgIpc) is 1.99. The lowest BCUT2D eigenvalue weighted by Crippen LogP contribution is -2.40. The molecule has 0 bridgehead atoms. The van der Waals surface area contributed by atoms with Crippen molar-refractivity contribution in [3.8, 4) is 0 Å². The minimum Gasteiger partial charge on any atom is -0.387 e.